The van der Waals surface area contributed by atoms with Gasteiger partial charge in [0.25, 0.3) is 0 Å². The summed E-state index contributed by atoms with van der Waals surface area (Å²) in [6.07, 6.45) is 3.40. The fraction of sp³-hybridized carbons (Fsp3) is 0.481. The van der Waals surface area contributed by atoms with Gasteiger partial charge in [0.05, 0.1) is 0 Å². The standard InChI is InChI=1S/C27H34N3O.BF4/c1-16(2)20-11-22(17(3)4)26(23(12-20)18(5)6)30-15-29-25(28-30)14-31-24-13-19-9-7-8-10-21(19)27(24)29;2-1(3,4)5/h7-12,15-18,24,27H,13-14H2,1-6H3;/q+1;-1/t24-,27+;/m0./s1. The van der Waals surface area contributed by atoms with Crippen molar-refractivity contribution in [2.75, 3.05) is 0 Å². The molecule has 0 bridgehead atoms. The second-order valence-corrected chi connectivity index (χ2v) is 10.6. The molecule has 2 heterocycles. The molecule has 0 amide bonds. The second kappa shape index (κ2) is 10.00. The van der Waals surface area contributed by atoms with Gasteiger partial charge in [0.1, 0.15) is 24.4 Å². The summed E-state index contributed by atoms with van der Waals surface area (Å²) >= 11 is 0. The summed E-state index contributed by atoms with van der Waals surface area (Å²) in [6.45, 7) is 14.3. The van der Waals surface area contributed by atoms with Gasteiger partial charge in [0, 0.05) is 11.5 Å². The summed E-state index contributed by atoms with van der Waals surface area (Å²) < 4.78 is 49.8. The molecule has 1 aliphatic carbocycles. The first-order valence-corrected chi connectivity index (χ1v) is 12.6. The molecule has 1 aliphatic heterocycles. The van der Waals surface area contributed by atoms with Gasteiger partial charge in [-0.25, -0.2) is 4.57 Å². The zero-order chi connectivity index (χ0) is 26.4. The lowest BCUT2D eigenvalue weighted by atomic mass is 9.87. The zero-order valence-electron chi connectivity index (χ0n) is 21.7. The Labute approximate surface area is 210 Å². The van der Waals surface area contributed by atoms with Crippen LogP contribution in [0.4, 0.5) is 17.3 Å². The smallest absolute Gasteiger partial charge is 0.418 e. The van der Waals surface area contributed by atoms with Crippen LogP contribution < -0.4 is 4.57 Å². The Morgan fingerprint density at radius 1 is 0.944 bits per heavy atom. The molecule has 2 aliphatic rings. The molecule has 9 heteroatoms. The van der Waals surface area contributed by atoms with E-state index in [0.717, 1.165) is 12.2 Å². The van der Waals surface area contributed by atoms with Crippen molar-refractivity contribution in [2.45, 2.75) is 84.5 Å². The Hall–Kier alpha value is -2.68. The van der Waals surface area contributed by atoms with Crippen molar-refractivity contribution in [3.8, 4) is 5.69 Å². The number of halogens is 4. The number of benzene rings is 2. The van der Waals surface area contributed by atoms with Crippen molar-refractivity contribution in [1.29, 1.82) is 0 Å². The Morgan fingerprint density at radius 2 is 1.53 bits per heavy atom. The van der Waals surface area contributed by atoms with E-state index in [-0.39, 0.29) is 12.1 Å². The fourth-order valence-corrected chi connectivity index (χ4v) is 5.21. The Balaban J connectivity index is 0.000000556. The van der Waals surface area contributed by atoms with Crippen LogP contribution in [0.25, 0.3) is 5.69 Å². The van der Waals surface area contributed by atoms with Crippen LogP contribution in [0.15, 0.2) is 42.7 Å². The first-order chi connectivity index (χ1) is 16.8. The zero-order valence-corrected chi connectivity index (χ0v) is 21.7. The second-order valence-electron chi connectivity index (χ2n) is 10.6. The summed E-state index contributed by atoms with van der Waals surface area (Å²) in [5.41, 5.74) is 8.19. The minimum Gasteiger partial charge on any atom is -0.418 e. The lowest BCUT2D eigenvalue weighted by Crippen LogP contribution is -2.51. The molecular weight excluding hydrogens is 469 g/mol. The number of hydrogen-bond donors (Lipinski definition) is 0. The molecule has 2 atom stereocenters. The SMILES string of the molecule is CC(C)c1cc(C(C)C)c(-n2c[n+]3c(n2)CO[C@H]2Cc4ccccc4[C@H]23)c(C(C)C)c1.F[B-](F)(F)F. The first kappa shape index (κ1) is 26.4. The van der Waals surface area contributed by atoms with Crippen LogP contribution in [0, 0.1) is 0 Å². The number of rotatable bonds is 4. The molecule has 0 N–H and O–H groups in total. The number of ether oxygens (including phenoxy) is 1. The van der Waals surface area contributed by atoms with E-state index in [9.17, 15) is 17.3 Å². The topological polar surface area (TPSA) is 30.9 Å². The van der Waals surface area contributed by atoms with E-state index in [4.69, 9.17) is 9.84 Å². The maximum Gasteiger partial charge on any atom is 0.673 e. The summed E-state index contributed by atoms with van der Waals surface area (Å²) in [5, 5.41) is 5.07. The third-order valence-corrected chi connectivity index (χ3v) is 6.96. The van der Waals surface area contributed by atoms with Crippen LogP contribution in [-0.2, 0) is 17.8 Å². The van der Waals surface area contributed by atoms with Crippen molar-refractivity contribution in [3.63, 3.8) is 0 Å². The molecule has 36 heavy (non-hydrogen) atoms. The predicted octanol–water partition coefficient (Wildman–Crippen LogP) is 6.87. The van der Waals surface area contributed by atoms with Gasteiger partial charge in [-0.15, -0.1) is 0 Å². The van der Waals surface area contributed by atoms with Gasteiger partial charge in [-0.2, -0.15) is 0 Å². The van der Waals surface area contributed by atoms with Crippen LogP contribution >= 0.6 is 0 Å². The average Bonchev–Trinajstić information content (AvgIpc) is 3.37. The lowest BCUT2D eigenvalue weighted by molar-refractivity contribution is -0.739. The van der Waals surface area contributed by atoms with E-state index >= 15 is 0 Å². The summed E-state index contributed by atoms with van der Waals surface area (Å²) in [5.74, 6) is 2.37. The highest BCUT2D eigenvalue weighted by Gasteiger charge is 2.43. The monoisotopic (exact) mass is 503 g/mol. The molecule has 1 aromatic heterocycles. The van der Waals surface area contributed by atoms with Crippen LogP contribution in [0.1, 0.15) is 99.0 Å². The van der Waals surface area contributed by atoms with Crippen molar-refractivity contribution in [1.82, 2.24) is 9.78 Å². The maximum atomic E-state index is 9.75. The van der Waals surface area contributed by atoms with Crippen LogP contribution in [-0.4, -0.2) is 23.1 Å². The highest BCUT2D eigenvalue weighted by Crippen LogP contribution is 2.37. The molecule has 5 rings (SSSR count). The largest absolute Gasteiger partial charge is 0.673 e. The fourth-order valence-electron chi connectivity index (χ4n) is 5.21. The molecule has 0 fully saturated rings. The molecule has 0 saturated carbocycles. The number of fused-ring (bicyclic) bond motifs is 5. The average molecular weight is 503 g/mol. The Morgan fingerprint density at radius 3 is 2.08 bits per heavy atom. The predicted molar refractivity (Wildman–Crippen MR) is 133 cm³/mol. The van der Waals surface area contributed by atoms with E-state index in [1.165, 1.54) is 33.5 Å². The summed E-state index contributed by atoms with van der Waals surface area (Å²) in [6, 6.07) is 13.8. The quantitative estimate of drug-likeness (QED) is 0.221. The van der Waals surface area contributed by atoms with Crippen molar-refractivity contribution < 1.29 is 26.6 Å². The molecule has 0 radical (unpaired) electrons. The molecule has 4 nitrogen and oxygen atoms in total. The highest BCUT2D eigenvalue weighted by atomic mass is 19.5. The van der Waals surface area contributed by atoms with Gasteiger partial charge in [-0.05, 0) is 45.6 Å². The summed E-state index contributed by atoms with van der Waals surface area (Å²) in [4.78, 5) is 0. The van der Waals surface area contributed by atoms with Crippen molar-refractivity contribution in [3.05, 3.63) is 76.4 Å². The minimum absolute atomic E-state index is 0.199. The van der Waals surface area contributed by atoms with Gasteiger partial charge >= 0.3 is 13.1 Å². The lowest BCUT2D eigenvalue weighted by Gasteiger charge is -2.23. The van der Waals surface area contributed by atoms with Crippen molar-refractivity contribution >= 4 is 7.25 Å². The first-order valence-electron chi connectivity index (χ1n) is 12.6. The van der Waals surface area contributed by atoms with Crippen molar-refractivity contribution in [2.24, 2.45) is 0 Å². The van der Waals surface area contributed by atoms with Gasteiger partial charge in [-0.3, -0.25) is 0 Å². The number of nitrogens with zero attached hydrogens (tertiary/aromatic N) is 3. The van der Waals surface area contributed by atoms with Gasteiger partial charge < -0.3 is 22.0 Å². The molecule has 0 unspecified atom stereocenters. The Bertz CT molecular complexity index is 1200. The molecule has 2 aromatic carbocycles. The van der Waals surface area contributed by atoms with Gasteiger partial charge in [0.2, 0.25) is 6.33 Å². The highest BCUT2D eigenvalue weighted by molar-refractivity contribution is 6.50. The molecule has 194 valence electrons. The third-order valence-electron chi connectivity index (χ3n) is 6.96. The number of hydrogen-bond acceptors (Lipinski definition) is 2. The molecule has 3 aromatic rings. The Kier molecular flexibility index (Phi) is 7.33. The molecule has 0 saturated heterocycles. The molecule has 0 spiro atoms. The van der Waals surface area contributed by atoms with E-state index < -0.39 is 7.25 Å². The van der Waals surface area contributed by atoms with E-state index in [1.807, 2.05) is 0 Å². The van der Waals surface area contributed by atoms with Gasteiger partial charge in [0.15, 0.2) is 0 Å². The van der Waals surface area contributed by atoms with Gasteiger partial charge in [-0.1, -0.05) is 82.6 Å². The van der Waals surface area contributed by atoms with E-state index in [2.05, 4.69) is 93.5 Å². The number of aromatic nitrogens is 3. The van der Waals surface area contributed by atoms with Crippen LogP contribution in [0.5, 0.6) is 0 Å². The normalized spacial score (nSPS) is 18.7. The maximum absolute atomic E-state index is 9.75. The van der Waals surface area contributed by atoms with E-state index in [1.54, 1.807) is 0 Å². The minimum atomic E-state index is -6.00. The van der Waals surface area contributed by atoms with E-state index in [0.29, 0.717) is 24.4 Å². The third kappa shape index (κ3) is 5.36. The summed E-state index contributed by atoms with van der Waals surface area (Å²) in [7, 11) is -6.00. The van der Waals surface area contributed by atoms with Crippen LogP contribution in [0.3, 0.4) is 0 Å². The van der Waals surface area contributed by atoms with Crippen LogP contribution in [0.2, 0.25) is 0 Å². The molecular formula is C27H34BF4N3O.